The molecule has 0 saturated carbocycles. The Morgan fingerprint density at radius 3 is 1.27 bits per heavy atom. The molecule has 0 spiro atoms. The summed E-state index contributed by atoms with van der Waals surface area (Å²) in [6, 6.07) is 36.4. The molecule has 0 N–H and O–H groups in total. The third-order valence-corrected chi connectivity index (χ3v) is 5.85. The van der Waals surface area contributed by atoms with Crippen molar-refractivity contribution in [3.05, 3.63) is 121 Å². The van der Waals surface area contributed by atoms with E-state index in [1.807, 2.05) is 12.1 Å². The first-order chi connectivity index (χ1) is 15.6. The lowest BCUT2D eigenvalue weighted by Crippen LogP contribution is -2.10. The molecule has 0 aliphatic rings. The van der Waals surface area contributed by atoms with Crippen molar-refractivity contribution in [3.63, 3.8) is 0 Å². The maximum atomic E-state index is 10.3. The number of hydrogen-bond donors (Lipinski definition) is 0. The molecular weight excluding hydrogens is 448 g/mol. The SMILES string of the molecule is CC(C)(C)c1ccc([SH2+])cc1.O=S(=O)([O-])c1ccccc1.c1ccc(-c2ccccc2)cc1. The van der Waals surface area contributed by atoms with Crippen LogP contribution in [0.15, 0.2) is 125 Å². The fraction of sp³-hybridized carbons (Fsp3) is 0.143. The monoisotopic (exact) mass is 478 g/mol. The maximum absolute atomic E-state index is 10.3. The van der Waals surface area contributed by atoms with Gasteiger partial charge in [0.05, 0.1) is 4.90 Å². The summed E-state index contributed by atoms with van der Waals surface area (Å²) >= 11 is 3.46. The Morgan fingerprint density at radius 1 is 0.606 bits per heavy atom. The van der Waals surface area contributed by atoms with Gasteiger partial charge in [0.1, 0.15) is 15.0 Å². The van der Waals surface area contributed by atoms with Crippen molar-refractivity contribution in [2.75, 3.05) is 0 Å². The number of benzene rings is 4. The highest BCUT2D eigenvalue weighted by molar-refractivity contribution is 7.85. The van der Waals surface area contributed by atoms with Crippen molar-refractivity contribution in [2.24, 2.45) is 0 Å². The molecule has 0 fully saturated rings. The molecule has 4 aromatic carbocycles. The van der Waals surface area contributed by atoms with Crippen molar-refractivity contribution in [3.8, 4) is 11.1 Å². The summed E-state index contributed by atoms with van der Waals surface area (Å²) in [7, 11) is -4.25. The molecule has 172 valence electrons. The fourth-order valence-corrected chi connectivity index (χ4v) is 3.48. The van der Waals surface area contributed by atoms with Gasteiger partial charge in [-0.25, -0.2) is 8.42 Å². The van der Waals surface area contributed by atoms with Crippen molar-refractivity contribution in [1.82, 2.24) is 0 Å². The van der Waals surface area contributed by atoms with E-state index < -0.39 is 10.1 Å². The first kappa shape index (κ1) is 26.4. The Hall–Kier alpha value is -2.86. The molecule has 0 radical (unpaired) electrons. The molecule has 0 atom stereocenters. The van der Waals surface area contributed by atoms with Crippen molar-refractivity contribution < 1.29 is 13.0 Å². The van der Waals surface area contributed by atoms with E-state index in [0.717, 1.165) is 4.90 Å². The van der Waals surface area contributed by atoms with Gasteiger partial charge in [-0.2, -0.15) is 0 Å². The van der Waals surface area contributed by atoms with Gasteiger partial charge in [-0.05, 0) is 59.0 Å². The zero-order valence-corrected chi connectivity index (χ0v) is 20.9. The van der Waals surface area contributed by atoms with Crippen molar-refractivity contribution >= 4 is 22.7 Å². The second-order valence-electron chi connectivity index (χ2n) is 8.33. The first-order valence-corrected chi connectivity index (χ1v) is 12.4. The van der Waals surface area contributed by atoms with Crippen molar-refractivity contribution in [1.29, 1.82) is 0 Å². The minimum absolute atomic E-state index is 0.185. The van der Waals surface area contributed by atoms with Gasteiger partial charge in [-0.1, -0.05) is 112 Å². The summed E-state index contributed by atoms with van der Waals surface area (Å²) in [5.41, 5.74) is 4.19. The Balaban J connectivity index is 0.000000176. The van der Waals surface area contributed by atoms with E-state index in [1.54, 1.807) is 6.07 Å². The number of hydrogen-bond acceptors (Lipinski definition) is 3. The normalized spacial score (nSPS) is 10.8. The Morgan fingerprint density at radius 2 is 0.970 bits per heavy atom. The van der Waals surface area contributed by atoms with Crippen LogP contribution in [-0.4, -0.2) is 13.0 Å². The van der Waals surface area contributed by atoms with E-state index in [9.17, 15) is 13.0 Å². The van der Waals surface area contributed by atoms with Crippen LogP contribution in [0.1, 0.15) is 26.3 Å². The average Bonchev–Trinajstić information content (AvgIpc) is 2.81. The molecule has 5 heteroatoms. The minimum atomic E-state index is -4.25. The zero-order chi connectivity index (χ0) is 24.3. The molecule has 0 unspecified atom stereocenters. The summed E-state index contributed by atoms with van der Waals surface area (Å²) in [4.78, 5) is 0.952. The molecule has 0 amide bonds. The highest BCUT2D eigenvalue weighted by Gasteiger charge is 2.12. The molecule has 4 rings (SSSR count). The Kier molecular flexibility index (Phi) is 9.92. The minimum Gasteiger partial charge on any atom is -0.744 e. The van der Waals surface area contributed by atoms with Crippen LogP contribution in [0.5, 0.6) is 0 Å². The van der Waals surface area contributed by atoms with E-state index >= 15 is 0 Å². The van der Waals surface area contributed by atoms with E-state index in [0.29, 0.717) is 0 Å². The van der Waals surface area contributed by atoms with Gasteiger partial charge in [-0.15, -0.1) is 0 Å². The van der Waals surface area contributed by atoms with Gasteiger partial charge in [0.2, 0.25) is 0 Å². The fourth-order valence-electron chi connectivity index (χ4n) is 2.82. The van der Waals surface area contributed by atoms with E-state index in [4.69, 9.17) is 0 Å². The van der Waals surface area contributed by atoms with E-state index in [-0.39, 0.29) is 10.3 Å². The molecule has 0 aliphatic heterocycles. The third kappa shape index (κ3) is 9.66. The molecule has 0 heterocycles. The van der Waals surface area contributed by atoms with Gasteiger partial charge in [-0.3, -0.25) is 0 Å². The average molecular weight is 479 g/mol. The van der Waals surface area contributed by atoms with Crippen LogP contribution < -0.4 is 0 Å². The lowest BCUT2D eigenvalue weighted by molar-refractivity contribution is 0.463. The molecule has 33 heavy (non-hydrogen) atoms. The standard InChI is InChI=1S/C12H10.C10H14S.C6H6O3S/c1-3-7-11(8-4-1)12-9-5-2-6-10-12;1-10(2,3)8-4-6-9(11)7-5-8;7-10(8,9)6-4-2-1-3-5-6/h1-10H;4-7,11H,1-3H3;1-5H,(H,7,8,9). The molecule has 3 nitrogen and oxygen atoms in total. The maximum Gasteiger partial charge on any atom is 0.150 e. The largest absolute Gasteiger partial charge is 0.744 e. The summed E-state index contributed by atoms with van der Waals surface area (Å²) < 4.78 is 30.8. The predicted molar refractivity (Wildman–Crippen MR) is 140 cm³/mol. The van der Waals surface area contributed by atoms with Crippen molar-refractivity contribution in [2.45, 2.75) is 36.0 Å². The number of rotatable bonds is 2. The topological polar surface area (TPSA) is 57.2 Å². The van der Waals surface area contributed by atoms with Crippen LogP contribution in [0.3, 0.4) is 0 Å². The third-order valence-electron chi connectivity index (χ3n) is 4.66. The van der Waals surface area contributed by atoms with Crippen LogP contribution in [0, 0.1) is 0 Å². The molecule has 0 aliphatic carbocycles. The second kappa shape index (κ2) is 12.4. The lowest BCUT2D eigenvalue weighted by Gasteiger charge is -2.18. The Labute approximate surface area is 203 Å². The van der Waals surface area contributed by atoms with Crippen LogP contribution in [0.25, 0.3) is 11.1 Å². The lowest BCUT2D eigenvalue weighted by atomic mass is 9.87. The highest BCUT2D eigenvalue weighted by atomic mass is 32.2. The summed E-state index contributed by atoms with van der Waals surface area (Å²) in [6.45, 7) is 6.65. The summed E-state index contributed by atoms with van der Waals surface area (Å²) in [5.74, 6) is 0. The smallest absolute Gasteiger partial charge is 0.150 e. The van der Waals surface area contributed by atoms with Crippen LogP contribution in [0.4, 0.5) is 0 Å². The van der Waals surface area contributed by atoms with E-state index in [2.05, 4.69) is 106 Å². The van der Waals surface area contributed by atoms with Gasteiger partial charge in [0.25, 0.3) is 0 Å². The molecule has 4 aromatic rings. The molecule has 0 saturated heterocycles. The highest BCUT2D eigenvalue weighted by Crippen LogP contribution is 2.22. The van der Waals surface area contributed by atoms with E-state index in [1.165, 1.54) is 41.0 Å². The molecular formula is C28H30O3S2. The predicted octanol–water partition coefficient (Wildman–Crippen LogP) is 6.30. The molecule has 0 aromatic heterocycles. The van der Waals surface area contributed by atoms with Gasteiger partial charge >= 0.3 is 0 Å². The molecule has 0 bridgehead atoms. The van der Waals surface area contributed by atoms with Gasteiger partial charge in [0.15, 0.2) is 0 Å². The first-order valence-electron chi connectivity index (χ1n) is 10.5. The Bertz CT molecular complexity index is 1150. The van der Waals surface area contributed by atoms with Crippen LogP contribution in [0.2, 0.25) is 0 Å². The summed E-state index contributed by atoms with van der Waals surface area (Å²) in [6.07, 6.45) is 0. The van der Waals surface area contributed by atoms with Gasteiger partial charge in [0, 0.05) is 0 Å². The second-order valence-corrected chi connectivity index (χ2v) is 10.3. The zero-order valence-electron chi connectivity index (χ0n) is 19.1. The van der Waals surface area contributed by atoms with Gasteiger partial charge < -0.3 is 4.55 Å². The van der Waals surface area contributed by atoms with Crippen LogP contribution in [-0.2, 0) is 28.2 Å². The van der Waals surface area contributed by atoms with Crippen LogP contribution >= 0.6 is 0 Å². The quantitative estimate of drug-likeness (QED) is 0.251. The summed E-state index contributed by atoms with van der Waals surface area (Å²) in [5, 5.41) is 0.